The second kappa shape index (κ2) is 6.69. The van der Waals surface area contributed by atoms with Crippen LogP contribution in [0.3, 0.4) is 0 Å². The maximum atomic E-state index is 12.1. The van der Waals surface area contributed by atoms with Crippen molar-refractivity contribution in [3.63, 3.8) is 0 Å². The Labute approximate surface area is 134 Å². The molecule has 2 amide bonds. The molecule has 0 atom stereocenters. The lowest BCUT2D eigenvalue weighted by atomic mass is 10.1. The summed E-state index contributed by atoms with van der Waals surface area (Å²) in [7, 11) is 1.53. The maximum absolute atomic E-state index is 12.1. The molecule has 0 radical (unpaired) electrons. The second-order valence-electron chi connectivity index (χ2n) is 4.12. The van der Waals surface area contributed by atoms with Gasteiger partial charge in [-0.3, -0.25) is 14.6 Å². The summed E-state index contributed by atoms with van der Waals surface area (Å²) in [5.74, 6) is -0.619. The van der Waals surface area contributed by atoms with Gasteiger partial charge in [-0.15, -0.1) is 0 Å². The topological polar surface area (TPSA) is 71.1 Å². The van der Waals surface area contributed by atoms with Gasteiger partial charge in [0.05, 0.1) is 16.3 Å². The molecule has 0 aliphatic rings. The van der Waals surface area contributed by atoms with Crippen molar-refractivity contribution in [3.05, 3.63) is 57.3 Å². The standard InChI is InChI=1S/C14H11BrClN3O2/c1-17-13(20)8-2-3-11(16)12(5-8)19-14(21)9-4-10(15)7-18-6-9/h2-7H,1H3,(H,17,20)(H,19,21). The van der Waals surface area contributed by atoms with Gasteiger partial charge in [0, 0.05) is 29.5 Å². The molecule has 0 unspecified atom stereocenters. The Morgan fingerprint density at radius 1 is 1.14 bits per heavy atom. The average Bonchev–Trinajstić information content (AvgIpc) is 2.48. The first kappa shape index (κ1) is 15.5. The highest BCUT2D eigenvalue weighted by molar-refractivity contribution is 9.10. The number of pyridine rings is 1. The molecule has 0 spiro atoms. The Kier molecular flexibility index (Phi) is 4.93. The normalized spacial score (nSPS) is 10.0. The van der Waals surface area contributed by atoms with Gasteiger partial charge < -0.3 is 10.6 Å². The molecule has 0 saturated carbocycles. The summed E-state index contributed by atoms with van der Waals surface area (Å²) in [6.07, 6.45) is 3.02. The number of rotatable bonds is 3. The van der Waals surface area contributed by atoms with Crippen LogP contribution in [0.25, 0.3) is 0 Å². The minimum atomic E-state index is -0.361. The fourth-order valence-corrected chi connectivity index (χ4v) is 2.17. The Bertz CT molecular complexity index is 706. The Morgan fingerprint density at radius 2 is 1.90 bits per heavy atom. The van der Waals surface area contributed by atoms with E-state index in [4.69, 9.17) is 11.6 Å². The minimum absolute atomic E-state index is 0.258. The van der Waals surface area contributed by atoms with E-state index in [2.05, 4.69) is 31.5 Å². The van der Waals surface area contributed by atoms with Crippen molar-refractivity contribution in [2.24, 2.45) is 0 Å². The van der Waals surface area contributed by atoms with Crippen molar-refractivity contribution in [2.45, 2.75) is 0 Å². The summed E-state index contributed by atoms with van der Waals surface area (Å²) in [4.78, 5) is 27.7. The van der Waals surface area contributed by atoms with Crippen LogP contribution in [0.15, 0.2) is 41.1 Å². The summed E-state index contributed by atoms with van der Waals surface area (Å²) in [6, 6.07) is 6.29. The predicted molar refractivity (Wildman–Crippen MR) is 84.7 cm³/mol. The zero-order chi connectivity index (χ0) is 15.4. The third kappa shape index (κ3) is 3.80. The number of amides is 2. The zero-order valence-corrected chi connectivity index (χ0v) is 13.3. The third-order valence-corrected chi connectivity index (χ3v) is 3.43. The molecule has 0 aliphatic heterocycles. The number of hydrogen-bond acceptors (Lipinski definition) is 3. The monoisotopic (exact) mass is 367 g/mol. The number of carbonyl (C=O) groups excluding carboxylic acids is 2. The van der Waals surface area contributed by atoms with Crippen LogP contribution in [0.5, 0.6) is 0 Å². The predicted octanol–water partition coefficient (Wildman–Crippen LogP) is 3.11. The molecule has 2 N–H and O–H groups in total. The SMILES string of the molecule is CNC(=O)c1ccc(Cl)c(NC(=O)c2cncc(Br)c2)c1. The molecule has 1 aromatic heterocycles. The molecule has 0 saturated heterocycles. The van der Waals surface area contributed by atoms with Gasteiger partial charge in [-0.1, -0.05) is 11.6 Å². The molecule has 108 valence electrons. The first-order valence-corrected chi connectivity index (χ1v) is 7.12. The molecule has 2 aromatic rings. The largest absolute Gasteiger partial charge is 0.355 e. The summed E-state index contributed by atoms with van der Waals surface area (Å²) < 4.78 is 0.695. The fourth-order valence-electron chi connectivity index (χ4n) is 1.64. The van der Waals surface area contributed by atoms with Gasteiger partial charge in [-0.05, 0) is 40.2 Å². The lowest BCUT2D eigenvalue weighted by Gasteiger charge is -2.09. The van der Waals surface area contributed by atoms with Crippen LogP contribution in [-0.2, 0) is 0 Å². The Balaban J connectivity index is 2.26. The van der Waals surface area contributed by atoms with Crippen LogP contribution in [0.4, 0.5) is 5.69 Å². The number of nitrogens with zero attached hydrogens (tertiary/aromatic N) is 1. The smallest absolute Gasteiger partial charge is 0.257 e. The lowest BCUT2D eigenvalue weighted by molar-refractivity contribution is 0.0961. The van der Waals surface area contributed by atoms with E-state index in [1.165, 1.54) is 19.3 Å². The molecular weight excluding hydrogens is 358 g/mol. The number of anilines is 1. The molecule has 1 aromatic carbocycles. The highest BCUT2D eigenvalue weighted by Crippen LogP contribution is 2.24. The molecule has 0 bridgehead atoms. The van der Waals surface area contributed by atoms with E-state index >= 15 is 0 Å². The number of benzene rings is 1. The first-order chi connectivity index (χ1) is 10.0. The van der Waals surface area contributed by atoms with E-state index in [0.29, 0.717) is 26.3 Å². The highest BCUT2D eigenvalue weighted by atomic mass is 79.9. The second-order valence-corrected chi connectivity index (χ2v) is 5.44. The van der Waals surface area contributed by atoms with E-state index in [0.717, 1.165) is 0 Å². The van der Waals surface area contributed by atoms with Crippen molar-refractivity contribution in [1.82, 2.24) is 10.3 Å². The minimum Gasteiger partial charge on any atom is -0.355 e. The van der Waals surface area contributed by atoms with Crippen LogP contribution in [0, 0.1) is 0 Å². The summed E-state index contributed by atoms with van der Waals surface area (Å²) in [5.41, 5.74) is 1.15. The molecule has 21 heavy (non-hydrogen) atoms. The molecule has 7 heteroatoms. The van der Waals surface area contributed by atoms with Gasteiger partial charge in [0.25, 0.3) is 11.8 Å². The van der Waals surface area contributed by atoms with Gasteiger partial charge in [-0.2, -0.15) is 0 Å². The molecule has 1 heterocycles. The molecule has 2 rings (SSSR count). The van der Waals surface area contributed by atoms with E-state index in [9.17, 15) is 9.59 Å². The van der Waals surface area contributed by atoms with Crippen molar-refractivity contribution < 1.29 is 9.59 Å². The number of nitrogens with one attached hydrogen (secondary N) is 2. The Morgan fingerprint density at radius 3 is 2.57 bits per heavy atom. The van der Waals surface area contributed by atoms with Gasteiger partial charge >= 0.3 is 0 Å². The van der Waals surface area contributed by atoms with Crippen molar-refractivity contribution in [3.8, 4) is 0 Å². The van der Waals surface area contributed by atoms with Crippen LogP contribution in [0.2, 0.25) is 5.02 Å². The summed E-state index contributed by atoms with van der Waals surface area (Å²) >= 11 is 9.28. The fraction of sp³-hybridized carbons (Fsp3) is 0.0714. The quantitative estimate of drug-likeness (QED) is 0.874. The van der Waals surface area contributed by atoms with Crippen molar-refractivity contribution in [1.29, 1.82) is 0 Å². The molecular formula is C14H11BrClN3O2. The van der Waals surface area contributed by atoms with Gasteiger partial charge in [-0.25, -0.2) is 0 Å². The number of halogens is 2. The van der Waals surface area contributed by atoms with Crippen LogP contribution < -0.4 is 10.6 Å². The van der Waals surface area contributed by atoms with E-state index in [1.54, 1.807) is 24.4 Å². The van der Waals surface area contributed by atoms with Gasteiger partial charge in [0.2, 0.25) is 0 Å². The summed E-state index contributed by atoms with van der Waals surface area (Å²) in [5, 5.41) is 5.52. The summed E-state index contributed by atoms with van der Waals surface area (Å²) in [6.45, 7) is 0. The zero-order valence-electron chi connectivity index (χ0n) is 11.0. The van der Waals surface area contributed by atoms with Gasteiger partial charge in [0.1, 0.15) is 0 Å². The molecule has 0 aliphatic carbocycles. The van der Waals surface area contributed by atoms with Crippen LogP contribution in [0.1, 0.15) is 20.7 Å². The molecule has 5 nitrogen and oxygen atoms in total. The van der Waals surface area contributed by atoms with Crippen molar-refractivity contribution in [2.75, 3.05) is 12.4 Å². The maximum Gasteiger partial charge on any atom is 0.257 e. The van der Waals surface area contributed by atoms with E-state index in [-0.39, 0.29) is 11.8 Å². The highest BCUT2D eigenvalue weighted by Gasteiger charge is 2.12. The van der Waals surface area contributed by atoms with E-state index < -0.39 is 0 Å². The Hall–Kier alpha value is -1.92. The number of carbonyl (C=O) groups is 2. The lowest BCUT2D eigenvalue weighted by Crippen LogP contribution is -2.18. The van der Waals surface area contributed by atoms with E-state index in [1.807, 2.05) is 0 Å². The van der Waals surface area contributed by atoms with Crippen LogP contribution in [-0.4, -0.2) is 23.8 Å². The number of aromatic nitrogens is 1. The first-order valence-electron chi connectivity index (χ1n) is 5.95. The van der Waals surface area contributed by atoms with Crippen LogP contribution >= 0.6 is 27.5 Å². The van der Waals surface area contributed by atoms with Crippen molar-refractivity contribution >= 4 is 45.0 Å². The number of hydrogen-bond donors (Lipinski definition) is 2. The average molecular weight is 369 g/mol. The third-order valence-electron chi connectivity index (χ3n) is 2.67. The van der Waals surface area contributed by atoms with Gasteiger partial charge in [0.15, 0.2) is 0 Å². The molecule has 0 fully saturated rings.